The third kappa shape index (κ3) is 3.28. The van der Waals surface area contributed by atoms with E-state index >= 15 is 0 Å². The van der Waals surface area contributed by atoms with Gasteiger partial charge in [-0.25, -0.2) is 4.98 Å². The van der Waals surface area contributed by atoms with Gasteiger partial charge in [0.05, 0.1) is 0 Å². The number of carbonyl (C=O) groups excluding carboxylic acids is 1. The Kier molecular flexibility index (Phi) is 4.95. The van der Waals surface area contributed by atoms with E-state index in [0.29, 0.717) is 19.5 Å². The second-order valence-corrected chi connectivity index (χ2v) is 5.33. The lowest BCUT2D eigenvalue weighted by molar-refractivity contribution is -0.120. The molecule has 0 radical (unpaired) electrons. The minimum Gasteiger partial charge on any atom is -0.359 e. The first-order chi connectivity index (χ1) is 9.65. The zero-order chi connectivity index (χ0) is 14.5. The molecule has 0 saturated heterocycles. The highest BCUT2D eigenvalue weighted by molar-refractivity contribution is 5.76. The number of nitrogens with two attached hydrogens (primary N) is 1. The lowest BCUT2D eigenvalue weighted by Crippen LogP contribution is -2.28. The summed E-state index contributed by atoms with van der Waals surface area (Å²) >= 11 is 0. The first-order valence-electron chi connectivity index (χ1n) is 7.29. The molecule has 1 aliphatic rings. The van der Waals surface area contributed by atoms with Crippen molar-refractivity contribution in [2.75, 3.05) is 25.5 Å². The molecule has 3 N–H and O–H groups in total. The van der Waals surface area contributed by atoms with Crippen LogP contribution in [0, 0.1) is 0 Å². The summed E-state index contributed by atoms with van der Waals surface area (Å²) in [6, 6.07) is 2.20. The van der Waals surface area contributed by atoms with Crippen molar-refractivity contribution in [2.24, 2.45) is 5.73 Å². The van der Waals surface area contributed by atoms with E-state index in [0.717, 1.165) is 24.2 Å². The summed E-state index contributed by atoms with van der Waals surface area (Å²) in [6.45, 7) is 1.14. The molecule has 0 bridgehead atoms. The smallest absolute Gasteiger partial charge is 0.221 e. The number of anilines is 1. The number of aryl methyl sites for hydroxylation is 2. The van der Waals surface area contributed by atoms with Crippen LogP contribution in [0.25, 0.3) is 0 Å². The number of nitrogens with one attached hydrogen (secondary N) is 1. The highest BCUT2D eigenvalue weighted by Gasteiger charge is 2.17. The number of pyridine rings is 1. The van der Waals surface area contributed by atoms with Gasteiger partial charge in [0.1, 0.15) is 5.82 Å². The highest BCUT2D eigenvalue weighted by Crippen LogP contribution is 2.26. The van der Waals surface area contributed by atoms with Crippen LogP contribution in [-0.4, -0.2) is 31.5 Å². The number of hydrogen-bond donors (Lipinski definition) is 2. The number of amides is 1. The van der Waals surface area contributed by atoms with Gasteiger partial charge < -0.3 is 16.0 Å². The molecular weight excluding hydrogens is 252 g/mol. The van der Waals surface area contributed by atoms with Crippen molar-refractivity contribution in [3.05, 3.63) is 22.9 Å². The monoisotopic (exact) mass is 276 g/mol. The second-order valence-electron chi connectivity index (χ2n) is 5.33. The van der Waals surface area contributed by atoms with E-state index in [9.17, 15) is 4.79 Å². The standard InChI is InChI=1S/C15H24N4O/c1-17-14(20)7-8-19(2)15-12(10-16)9-11-5-3-4-6-13(11)18-15/h9H,3-8,10,16H2,1-2H3,(H,17,20). The fourth-order valence-electron chi connectivity index (χ4n) is 2.65. The highest BCUT2D eigenvalue weighted by atomic mass is 16.1. The molecule has 5 heteroatoms. The van der Waals surface area contributed by atoms with Gasteiger partial charge in [0, 0.05) is 44.9 Å². The predicted octanol–water partition coefficient (Wildman–Crippen LogP) is 0.991. The first kappa shape index (κ1) is 14.8. The zero-order valence-electron chi connectivity index (χ0n) is 12.4. The Morgan fingerprint density at radius 3 is 2.90 bits per heavy atom. The molecule has 0 aliphatic heterocycles. The molecule has 1 aromatic rings. The number of aromatic nitrogens is 1. The average Bonchev–Trinajstić information content (AvgIpc) is 2.50. The molecule has 110 valence electrons. The summed E-state index contributed by atoms with van der Waals surface area (Å²) in [5, 5.41) is 2.64. The van der Waals surface area contributed by atoms with Crippen LogP contribution in [0.2, 0.25) is 0 Å². The molecule has 0 fully saturated rings. The van der Waals surface area contributed by atoms with E-state index in [2.05, 4.69) is 11.4 Å². The van der Waals surface area contributed by atoms with Crippen LogP contribution >= 0.6 is 0 Å². The van der Waals surface area contributed by atoms with Crippen molar-refractivity contribution in [2.45, 2.75) is 38.6 Å². The van der Waals surface area contributed by atoms with Crippen molar-refractivity contribution in [3.8, 4) is 0 Å². The molecule has 1 aliphatic carbocycles. The second kappa shape index (κ2) is 6.70. The lowest BCUT2D eigenvalue weighted by Gasteiger charge is -2.24. The topological polar surface area (TPSA) is 71.2 Å². The Morgan fingerprint density at radius 1 is 1.45 bits per heavy atom. The minimum atomic E-state index is 0.0455. The molecule has 0 saturated carbocycles. The van der Waals surface area contributed by atoms with Gasteiger partial charge in [-0.15, -0.1) is 0 Å². The van der Waals surface area contributed by atoms with Gasteiger partial charge in [0.15, 0.2) is 0 Å². The predicted molar refractivity (Wildman–Crippen MR) is 80.7 cm³/mol. The van der Waals surface area contributed by atoms with Gasteiger partial charge in [0.2, 0.25) is 5.91 Å². The van der Waals surface area contributed by atoms with E-state index in [1.54, 1.807) is 7.05 Å². The molecule has 1 heterocycles. The first-order valence-corrected chi connectivity index (χ1v) is 7.29. The van der Waals surface area contributed by atoms with Crippen molar-refractivity contribution in [1.82, 2.24) is 10.3 Å². The largest absolute Gasteiger partial charge is 0.359 e. The van der Waals surface area contributed by atoms with Gasteiger partial charge in [-0.05, 0) is 37.3 Å². The van der Waals surface area contributed by atoms with Crippen LogP contribution < -0.4 is 16.0 Å². The molecule has 0 atom stereocenters. The quantitative estimate of drug-likeness (QED) is 0.841. The third-order valence-corrected chi connectivity index (χ3v) is 3.89. The SMILES string of the molecule is CNC(=O)CCN(C)c1nc2c(cc1CN)CCCC2. The van der Waals surface area contributed by atoms with Gasteiger partial charge in [-0.2, -0.15) is 0 Å². The summed E-state index contributed by atoms with van der Waals surface area (Å²) in [5.74, 6) is 0.973. The Morgan fingerprint density at radius 2 is 2.20 bits per heavy atom. The molecule has 5 nitrogen and oxygen atoms in total. The van der Waals surface area contributed by atoms with E-state index in [4.69, 9.17) is 10.7 Å². The molecule has 2 rings (SSSR count). The molecule has 20 heavy (non-hydrogen) atoms. The summed E-state index contributed by atoms with van der Waals surface area (Å²) in [6.07, 6.45) is 5.08. The molecule has 1 aromatic heterocycles. The number of fused-ring (bicyclic) bond motifs is 1. The van der Waals surface area contributed by atoms with Crippen LogP contribution in [-0.2, 0) is 24.2 Å². The van der Waals surface area contributed by atoms with Crippen LogP contribution in [0.3, 0.4) is 0 Å². The average molecular weight is 276 g/mol. The van der Waals surface area contributed by atoms with Gasteiger partial charge in [0.25, 0.3) is 0 Å². The van der Waals surface area contributed by atoms with Gasteiger partial charge >= 0.3 is 0 Å². The lowest BCUT2D eigenvalue weighted by atomic mass is 9.94. The Labute approximate surface area is 120 Å². The summed E-state index contributed by atoms with van der Waals surface area (Å²) < 4.78 is 0. The maximum atomic E-state index is 11.4. The van der Waals surface area contributed by atoms with Crippen LogP contribution in [0.1, 0.15) is 36.1 Å². The van der Waals surface area contributed by atoms with E-state index < -0.39 is 0 Å². The number of carbonyl (C=O) groups is 1. The van der Waals surface area contributed by atoms with Gasteiger partial charge in [-0.1, -0.05) is 0 Å². The van der Waals surface area contributed by atoms with Crippen molar-refractivity contribution < 1.29 is 4.79 Å². The summed E-state index contributed by atoms with van der Waals surface area (Å²) in [7, 11) is 3.63. The number of hydrogen-bond acceptors (Lipinski definition) is 4. The van der Waals surface area contributed by atoms with Crippen molar-refractivity contribution in [3.63, 3.8) is 0 Å². The maximum Gasteiger partial charge on any atom is 0.221 e. The molecule has 0 spiro atoms. The zero-order valence-corrected chi connectivity index (χ0v) is 12.4. The number of nitrogens with zero attached hydrogens (tertiary/aromatic N) is 2. The maximum absolute atomic E-state index is 11.4. The minimum absolute atomic E-state index is 0.0455. The van der Waals surface area contributed by atoms with E-state index in [1.807, 2.05) is 11.9 Å². The van der Waals surface area contributed by atoms with Gasteiger partial charge in [-0.3, -0.25) is 4.79 Å². The Balaban J connectivity index is 2.18. The van der Waals surface area contributed by atoms with Crippen molar-refractivity contribution >= 4 is 11.7 Å². The van der Waals surface area contributed by atoms with E-state index in [1.165, 1.54) is 24.1 Å². The fourth-order valence-corrected chi connectivity index (χ4v) is 2.65. The summed E-state index contributed by atoms with van der Waals surface area (Å²) in [5.41, 5.74) is 9.48. The molecule has 1 amide bonds. The molecule has 0 aromatic carbocycles. The fraction of sp³-hybridized carbons (Fsp3) is 0.600. The molecule has 0 unspecified atom stereocenters. The Bertz CT molecular complexity index is 487. The van der Waals surface area contributed by atoms with E-state index in [-0.39, 0.29) is 5.91 Å². The number of rotatable bonds is 5. The normalized spacial score (nSPS) is 13.8. The van der Waals surface area contributed by atoms with Crippen LogP contribution in [0.15, 0.2) is 6.07 Å². The third-order valence-electron chi connectivity index (χ3n) is 3.89. The van der Waals surface area contributed by atoms with Crippen molar-refractivity contribution in [1.29, 1.82) is 0 Å². The Hall–Kier alpha value is -1.62. The molecular formula is C15H24N4O. The summed E-state index contributed by atoms with van der Waals surface area (Å²) in [4.78, 5) is 18.2. The van der Waals surface area contributed by atoms with Crippen LogP contribution in [0.5, 0.6) is 0 Å². The van der Waals surface area contributed by atoms with Crippen LogP contribution in [0.4, 0.5) is 5.82 Å².